The first-order valence-electron chi connectivity index (χ1n) is 7.34. The summed E-state index contributed by atoms with van der Waals surface area (Å²) in [5.74, 6) is 0.271. The van der Waals surface area contributed by atoms with Gasteiger partial charge in [-0.3, -0.25) is 0 Å². The minimum Gasteiger partial charge on any atom is -0.508 e. The molecule has 1 atom stereocenters. The van der Waals surface area contributed by atoms with E-state index in [1.165, 1.54) is 0 Å². The maximum Gasteiger partial charge on any atom is 0.410 e. The highest BCUT2D eigenvalue weighted by atomic mass is 16.6. The summed E-state index contributed by atoms with van der Waals surface area (Å²) in [6, 6.07) is 7.23. The van der Waals surface area contributed by atoms with Crippen LogP contribution in [0.1, 0.15) is 26.3 Å². The van der Waals surface area contributed by atoms with Gasteiger partial charge in [0, 0.05) is 19.6 Å². The Morgan fingerprint density at radius 1 is 1.43 bits per heavy atom. The van der Waals surface area contributed by atoms with E-state index >= 15 is 0 Å². The van der Waals surface area contributed by atoms with Crippen LogP contribution in [-0.4, -0.2) is 47.4 Å². The summed E-state index contributed by atoms with van der Waals surface area (Å²) in [5, 5.41) is 13.2. The van der Waals surface area contributed by atoms with Crippen molar-refractivity contribution in [2.45, 2.75) is 38.8 Å². The van der Waals surface area contributed by atoms with Crippen molar-refractivity contribution in [1.82, 2.24) is 10.2 Å². The molecular formula is C16H24N2O3. The number of benzene rings is 1. The average Bonchev–Trinajstić information content (AvgIpc) is 2.40. The molecule has 1 aromatic carbocycles. The van der Waals surface area contributed by atoms with Crippen LogP contribution in [0.25, 0.3) is 0 Å². The molecule has 0 spiro atoms. The van der Waals surface area contributed by atoms with Crippen molar-refractivity contribution in [3.63, 3.8) is 0 Å². The molecule has 1 aliphatic rings. The number of amides is 1. The van der Waals surface area contributed by atoms with E-state index in [1.807, 2.05) is 32.9 Å². The highest BCUT2D eigenvalue weighted by molar-refractivity contribution is 5.69. The van der Waals surface area contributed by atoms with Crippen molar-refractivity contribution >= 4 is 6.09 Å². The molecule has 21 heavy (non-hydrogen) atoms. The van der Waals surface area contributed by atoms with Gasteiger partial charge in [-0.05, 0) is 38.8 Å². The van der Waals surface area contributed by atoms with Gasteiger partial charge in [0.1, 0.15) is 11.4 Å². The maximum atomic E-state index is 12.3. The number of carbonyl (C=O) groups excluding carboxylic acids is 1. The van der Waals surface area contributed by atoms with E-state index in [4.69, 9.17) is 4.74 Å². The second-order valence-corrected chi connectivity index (χ2v) is 6.36. The lowest BCUT2D eigenvalue weighted by Gasteiger charge is -2.37. The van der Waals surface area contributed by atoms with Gasteiger partial charge in [-0.25, -0.2) is 4.79 Å². The van der Waals surface area contributed by atoms with E-state index in [1.54, 1.807) is 17.0 Å². The fraction of sp³-hybridized carbons (Fsp3) is 0.562. The van der Waals surface area contributed by atoms with Crippen LogP contribution >= 0.6 is 0 Å². The van der Waals surface area contributed by atoms with Crippen LogP contribution in [0.2, 0.25) is 0 Å². The Morgan fingerprint density at radius 2 is 2.14 bits per heavy atom. The third kappa shape index (κ3) is 4.36. The Labute approximate surface area is 125 Å². The Bertz CT molecular complexity index is 497. The van der Waals surface area contributed by atoms with Crippen molar-refractivity contribution < 1.29 is 14.6 Å². The van der Waals surface area contributed by atoms with Gasteiger partial charge < -0.3 is 20.1 Å². The average molecular weight is 292 g/mol. The van der Waals surface area contributed by atoms with Crippen molar-refractivity contribution in [1.29, 1.82) is 0 Å². The molecular weight excluding hydrogens is 268 g/mol. The Hall–Kier alpha value is -1.75. The maximum absolute atomic E-state index is 12.3. The summed E-state index contributed by atoms with van der Waals surface area (Å²) in [6.45, 7) is 7.68. The molecule has 1 heterocycles. The van der Waals surface area contributed by atoms with E-state index in [0.29, 0.717) is 19.5 Å². The third-order valence-corrected chi connectivity index (χ3v) is 3.43. The second-order valence-electron chi connectivity index (χ2n) is 6.36. The lowest BCUT2D eigenvalue weighted by atomic mass is 10.0. The van der Waals surface area contributed by atoms with E-state index in [-0.39, 0.29) is 17.9 Å². The quantitative estimate of drug-likeness (QED) is 0.876. The lowest BCUT2D eigenvalue weighted by molar-refractivity contribution is 0.0121. The molecule has 0 aliphatic carbocycles. The molecule has 5 heteroatoms. The van der Waals surface area contributed by atoms with Crippen LogP contribution in [-0.2, 0) is 11.2 Å². The molecule has 0 radical (unpaired) electrons. The molecule has 2 N–H and O–H groups in total. The van der Waals surface area contributed by atoms with Crippen molar-refractivity contribution in [3.05, 3.63) is 29.8 Å². The van der Waals surface area contributed by atoms with Crippen LogP contribution in [0.15, 0.2) is 24.3 Å². The van der Waals surface area contributed by atoms with Gasteiger partial charge in [-0.2, -0.15) is 0 Å². The molecule has 2 rings (SSSR count). The van der Waals surface area contributed by atoms with Gasteiger partial charge in [-0.15, -0.1) is 0 Å². The molecule has 1 aliphatic heterocycles. The molecule has 5 nitrogen and oxygen atoms in total. The molecule has 1 amide bonds. The van der Waals surface area contributed by atoms with E-state index in [9.17, 15) is 9.90 Å². The number of phenols is 1. The van der Waals surface area contributed by atoms with Crippen LogP contribution in [0.4, 0.5) is 4.79 Å². The number of carbonyl (C=O) groups is 1. The molecule has 1 fully saturated rings. The van der Waals surface area contributed by atoms with Gasteiger partial charge in [-0.1, -0.05) is 18.2 Å². The van der Waals surface area contributed by atoms with E-state index in [2.05, 4.69) is 5.32 Å². The predicted molar refractivity (Wildman–Crippen MR) is 81.4 cm³/mol. The highest BCUT2D eigenvalue weighted by Crippen LogP contribution is 2.21. The van der Waals surface area contributed by atoms with E-state index in [0.717, 1.165) is 12.1 Å². The summed E-state index contributed by atoms with van der Waals surface area (Å²) in [7, 11) is 0. The fourth-order valence-corrected chi connectivity index (χ4v) is 2.44. The lowest BCUT2D eigenvalue weighted by Crippen LogP contribution is -2.55. The zero-order valence-corrected chi connectivity index (χ0v) is 12.9. The number of phenolic OH excluding ortho intramolecular Hbond substituents is 1. The summed E-state index contributed by atoms with van der Waals surface area (Å²) in [5.41, 5.74) is 0.348. The molecule has 0 saturated carbocycles. The molecule has 0 bridgehead atoms. The van der Waals surface area contributed by atoms with Crippen molar-refractivity contribution in [3.8, 4) is 5.75 Å². The van der Waals surface area contributed by atoms with E-state index < -0.39 is 5.60 Å². The Balaban J connectivity index is 2.09. The fourth-order valence-electron chi connectivity index (χ4n) is 2.44. The number of hydrogen-bond donors (Lipinski definition) is 2. The summed E-state index contributed by atoms with van der Waals surface area (Å²) >= 11 is 0. The smallest absolute Gasteiger partial charge is 0.410 e. The number of nitrogens with zero attached hydrogens (tertiary/aromatic N) is 1. The second kappa shape index (κ2) is 6.35. The van der Waals surface area contributed by atoms with Crippen LogP contribution in [0.3, 0.4) is 0 Å². The number of ether oxygens (including phenoxy) is 1. The van der Waals surface area contributed by atoms with Crippen molar-refractivity contribution in [2.75, 3.05) is 19.6 Å². The SMILES string of the molecule is CC(C)(C)OC(=O)N1CCNCC1Cc1ccccc1O. The van der Waals surface area contributed by atoms with Gasteiger partial charge in [0.25, 0.3) is 0 Å². The molecule has 1 saturated heterocycles. The molecule has 0 aromatic heterocycles. The number of aromatic hydroxyl groups is 1. The summed E-state index contributed by atoms with van der Waals surface area (Å²) in [6.07, 6.45) is 0.322. The number of rotatable bonds is 2. The first-order chi connectivity index (χ1) is 9.87. The van der Waals surface area contributed by atoms with Crippen LogP contribution in [0.5, 0.6) is 5.75 Å². The predicted octanol–water partition coefficient (Wildman–Crippen LogP) is 2.14. The topological polar surface area (TPSA) is 61.8 Å². The first kappa shape index (κ1) is 15.6. The summed E-state index contributed by atoms with van der Waals surface area (Å²) < 4.78 is 5.47. The largest absolute Gasteiger partial charge is 0.508 e. The number of hydrogen-bond acceptors (Lipinski definition) is 4. The molecule has 1 unspecified atom stereocenters. The van der Waals surface area contributed by atoms with Gasteiger partial charge in [0.15, 0.2) is 0 Å². The minimum absolute atomic E-state index is 0.0121. The highest BCUT2D eigenvalue weighted by Gasteiger charge is 2.30. The van der Waals surface area contributed by atoms with Crippen LogP contribution < -0.4 is 5.32 Å². The number of nitrogens with one attached hydrogen (secondary N) is 1. The van der Waals surface area contributed by atoms with Gasteiger partial charge in [0.2, 0.25) is 0 Å². The summed E-state index contributed by atoms with van der Waals surface area (Å²) in [4.78, 5) is 14.1. The Morgan fingerprint density at radius 3 is 2.81 bits per heavy atom. The number of para-hydroxylation sites is 1. The zero-order chi connectivity index (χ0) is 15.5. The zero-order valence-electron chi connectivity index (χ0n) is 12.9. The molecule has 1 aromatic rings. The van der Waals surface area contributed by atoms with Gasteiger partial charge >= 0.3 is 6.09 Å². The Kier molecular flexibility index (Phi) is 4.73. The molecule has 116 valence electrons. The minimum atomic E-state index is -0.499. The first-order valence-corrected chi connectivity index (χ1v) is 7.34. The standard InChI is InChI=1S/C16H24N2O3/c1-16(2,3)21-15(20)18-9-8-17-11-13(18)10-12-6-4-5-7-14(12)19/h4-7,13,17,19H,8-11H2,1-3H3. The monoisotopic (exact) mass is 292 g/mol. The number of piperazine rings is 1. The van der Waals surface area contributed by atoms with Crippen LogP contribution in [0, 0.1) is 0 Å². The normalized spacial score (nSPS) is 19.4. The van der Waals surface area contributed by atoms with Gasteiger partial charge in [0.05, 0.1) is 6.04 Å². The third-order valence-electron chi connectivity index (χ3n) is 3.43. The van der Waals surface area contributed by atoms with Crippen molar-refractivity contribution in [2.24, 2.45) is 0 Å².